The van der Waals surface area contributed by atoms with Gasteiger partial charge in [0.25, 0.3) is 5.56 Å². The molecule has 2 aromatic heterocycles. The number of amides is 1. The molecule has 0 bridgehead atoms. The second kappa shape index (κ2) is 16.1. The minimum atomic E-state index is -1.07. The van der Waals surface area contributed by atoms with Crippen LogP contribution in [0.25, 0.3) is 11.2 Å². The topological polar surface area (TPSA) is 176 Å². The molecule has 272 valence electrons. The highest BCUT2D eigenvalue weighted by Gasteiger charge is 2.40. The average molecular weight is 712 g/mol. The van der Waals surface area contributed by atoms with Gasteiger partial charge in [0.05, 0.1) is 40.4 Å². The van der Waals surface area contributed by atoms with Crippen molar-refractivity contribution in [2.24, 2.45) is 0 Å². The predicted molar refractivity (Wildman–Crippen MR) is 191 cm³/mol. The molecule has 6 rings (SSSR count). The van der Waals surface area contributed by atoms with E-state index in [1.165, 1.54) is 6.33 Å². The van der Waals surface area contributed by atoms with Crippen molar-refractivity contribution in [1.29, 1.82) is 0 Å². The van der Waals surface area contributed by atoms with E-state index < -0.39 is 23.4 Å². The molecule has 1 saturated heterocycles. The van der Waals surface area contributed by atoms with E-state index in [0.717, 1.165) is 16.7 Å². The monoisotopic (exact) mass is 711 g/mol. The summed E-state index contributed by atoms with van der Waals surface area (Å²) in [5.74, 6) is 0.803. The zero-order valence-electron chi connectivity index (χ0n) is 29.2. The zero-order chi connectivity index (χ0) is 36.7. The van der Waals surface area contributed by atoms with Crippen molar-refractivity contribution in [2.75, 3.05) is 33.3 Å². The number of unbranched alkanes of at least 4 members (excludes halogenated alkanes) is 1. The highest BCUT2D eigenvalue weighted by atomic mass is 16.6. The number of carboxylic acids is 1. The first-order chi connectivity index (χ1) is 25.2. The Kier molecular flexibility index (Phi) is 11.2. The van der Waals surface area contributed by atoms with Gasteiger partial charge in [-0.25, -0.2) is 4.98 Å². The van der Waals surface area contributed by atoms with Gasteiger partial charge in [-0.3, -0.25) is 29.3 Å². The van der Waals surface area contributed by atoms with Crippen molar-refractivity contribution in [2.45, 2.75) is 56.5 Å². The van der Waals surface area contributed by atoms with E-state index in [1.54, 1.807) is 25.9 Å². The number of imidazole rings is 1. The first-order valence-electron chi connectivity index (χ1n) is 17.0. The number of carboxylic acid groups (broad SMARTS) is 1. The summed E-state index contributed by atoms with van der Waals surface area (Å²) in [4.78, 5) is 47.4. The first-order valence-corrected chi connectivity index (χ1v) is 17.0. The van der Waals surface area contributed by atoms with Crippen LogP contribution in [-0.2, 0) is 24.7 Å². The summed E-state index contributed by atoms with van der Waals surface area (Å²) in [6, 6.07) is 23.3. The number of fused-ring (bicyclic) bond motifs is 1. The van der Waals surface area contributed by atoms with Crippen LogP contribution in [0.15, 0.2) is 83.9 Å². The van der Waals surface area contributed by atoms with E-state index >= 15 is 0 Å². The van der Waals surface area contributed by atoms with Crippen molar-refractivity contribution in [1.82, 2.24) is 19.5 Å². The molecule has 3 heterocycles. The number of anilines is 1. The lowest BCUT2D eigenvalue weighted by Gasteiger charge is -2.37. The second-order valence-electron chi connectivity index (χ2n) is 12.4. The predicted octanol–water partition coefficient (Wildman–Crippen LogP) is 5.42. The molecular formula is C38H41N5O9. The Balaban J connectivity index is 1.26. The lowest BCUT2D eigenvalue weighted by atomic mass is 9.80. The molecule has 1 aliphatic rings. The van der Waals surface area contributed by atoms with Gasteiger partial charge < -0.3 is 28.8 Å². The largest absolute Gasteiger partial charge is 0.497 e. The number of ether oxygens (including phenoxy) is 5. The molecule has 0 saturated carbocycles. The van der Waals surface area contributed by atoms with Crippen LogP contribution in [0.4, 0.5) is 5.95 Å². The third kappa shape index (κ3) is 7.77. The number of nitrogens with zero attached hydrogens (tertiary/aromatic N) is 3. The summed E-state index contributed by atoms with van der Waals surface area (Å²) in [5.41, 5.74) is 1.42. The first kappa shape index (κ1) is 36.1. The van der Waals surface area contributed by atoms with Gasteiger partial charge in [-0.1, -0.05) is 36.4 Å². The number of benzene rings is 3. The fourth-order valence-corrected chi connectivity index (χ4v) is 6.41. The van der Waals surface area contributed by atoms with Gasteiger partial charge in [-0.2, -0.15) is 4.98 Å². The molecule has 14 heteroatoms. The number of rotatable bonds is 16. The molecule has 3 N–H and O–H groups in total. The molecule has 1 amide bonds. The van der Waals surface area contributed by atoms with Gasteiger partial charge in [0, 0.05) is 12.8 Å². The lowest BCUT2D eigenvalue weighted by molar-refractivity contribution is -0.137. The maximum absolute atomic E-state index is 12.9. The second-order valence-corrected chi connectivity index (χ2v) is 12.4. The van der Waals surface area contributed by atoms with Crippen LogP contribution in [0.3, 0.4) is 0 Å². The van der Waals surface area contributed by atoms with Crippen LogP contribution < -0.4 is 25.1 Å². The van der Waals surface area contributed by atoms with Gasteiger partial charge in [0.15, 0.2) is 11.2 Å². The van der Waals surface area contributed by atoms with Gasteiger partial charge in [0.2, 0.25) is 11.9 Å². The molecule has 3 aromatic carbocycles. The highest BCUT2D eigenvalue weighted by molar-refractivity contribution is 5.89. The summed E-state index contributed by atoms with van der Waals surface area (Å²) < 4.78 is 31.7. The fraction of sp³-hybridized carbons (Fsp3) is 0.342. The van der Waals surface area contributed by atoms with Crippen LogP contribution in [0, 0.1) is 0 Å². The van der Waals surface area contributed by atoms with Crippen LogP contribution in [0.2, 0.25) is 0 Å². The molecule has 0 radical (unpaired) electrons. The van der Waals surface area contributed by atoms with Gasteiger partial charge in [-0.05, 0) is 78.8 Å². The Bertz CT molecular complexity index is 1930. The average Bonchev–Trinajstić information content (AvgIpc) is 3.82. The van der Waals surface area contributed by atoms with Crippen molar-refractivity contribution in [3.63, 3.8) is 0 Å². The third-order valence-corrected chi connectivity index (χ3v) is 9.11. The quantitative estimate of drug-likeness (QED) is 0.0881. The minimum absolute atomic E-state index is 0.0215. The number of methoxy groups -OCH3 is 3. The molecule has 1 fully saturated rings. The van der Waals surface area contributed by atoms with Gasteiger partial charge in [-0.15, -0.1) is 0 Å². The third-order valence-electron chi connectivity index (χ3n) is 9.11. The Morgan fingerprint density at radius 3 is 1.92 bits per heavy atom. The van der Waals surface area contributed by atoms with E-state index in [9.17, 15) is 14.4 Å². The molecule has 2 unspecified atom stereocenters. The highest BCUT2D eigenvalue weighted by Crippen LogP contribution is 2.43. The normalized spacial score (nSPS) is 15.8. The smallest absolute Gasteiger partial charge is 0.303 e. The summed E-state index contributed by atoms with van der Waals surface area (Å²) in [7, 11) is 4.87. The van der Waals surface area contributed by atoms with Crippen molar-refractivity contribution < 1.29 is 38.4 Å². The molecule has 0 spiro atoms. The Morgan fingerprint density at radius 1 is 0.865 bits per heavy atom. The number of carbonyl (C=O) groups excluding carboxylic acids is 1. The molecule has 1 aliphatic heterocycles. The maximum Gasteiger partial charge on any atom is 0.303 e. The Morgan fingerprint density at radius 2 is 1.40 bits per heavy atom. The zero-order valence-corrected chi connectivity index (χ0v) is 29.2. The van der Waals surface area contributed by atoms with Crippen LogP contribution >= 0.6 is 0 Å². The van der Waals surface area contributed by atoms with Crippen molar-refractivity contribution >= 4 is 29.0 Å². The van der Waals surface area contributed by atoms with Crippen molar-refractivity contribution in [3.8, 4) is 17.2 Å². The maximum atomic E-state index is 12.9. The molecule has 0 aliphatic carbocycles. The fourth-order valence-electron chi connectivity index (χ4n) is 6.41. The molecular weight excluding hydrogens is 670 g/mol. The van der Waals surface area contributed by atoms with E-state index in [2.05, 4.69) is 20.3 Å². The van der Waals surface area contributed by atoms with Crippen LogP contribution in [0.1, 0.15) is 61.4 Å². The van der Waals surface area contributed by atoms with E-state index in [4.69, 9.17) is 28.8 Å². The SMILES string of the molecule is COc1ccc(C(OCC2CCC(n3cnc4c(=O)[nH]c(NC(=O)CCCCC(=O)O)nc43)O2)(c2ccc(OC)cc2)c2ccc(OC)cc2)cc1. The standard InChI is InChI=1S/C38H41N5O9/c1-48-27-14-8-24(9-15-27)38(25-10-16-28(49-2)17-11-25,26-12-18-29(50-3)19-13-26)51-22-30-20-21-32(52-30)43-23-39-34-35(43)41-37(42-36(34)47)40-31(44)6-4-5-7-33(45)46/h8-19,23,30,32H,4-7,20-22H2,1-3H3,(H,45,46)(H2,40,41,42,44,47). The lowest BCUT2D eigenvalue weighted by Crippen LogP contribution is -2.35. The molecule has 2 atom stereocenters. The number of H-pyrrole nitrogens is 1. The van der Waals surface area contributed by atoms with E-state index in [0.29, 0.717) is 42.9 Å². The summed E-state index contributed by atoms with van der Waals surface area (Å²) >= 11 is 0. The summed E-state index contributed by atoms with van der Waals surface area (Å²) in [6.07, 6.45) is 2.75. The Hall–Kier alpha value is -5.73. The Labute approximate surface area is 299 Å². The van der Waals surface area contributed by atoms with Crippen molar-refractivity contribution in [3.05, 3.63) is 106 Å². The molecule has 14 nitrogen and oxygen atoms in total. The molecule has 52 heavy (non-hydrogen) atoms. The van der Waals surface area contributed by atoms with E-state index in [1.807, 2.05) is 72.8 Å². The summed E-state index contributed by atoms with van der Waals surface area (Å²) in [6.45, 7) is 0.213. The number of aromatic nitrogens is 4. The number of carbonyl (C=O) groups is 2. The number of nitrogens with one attached hydrogen (secondary N) is 2. The van der Waals surface area contributed by atoms with Gasteiger partial charge in [0.1, 0.15) is 29.1 Å². The number of hydrogen-bond donors (Lipinski definition) is 3. The minimum Gasteiger partial charge on any atom is -0.497 e. The molecule has 5 aromatic rings. The summed E-state index contributed by atoms with van der Waals surface area (Å²) in [5, 5.41) is 11.4. The number of aromatic amines is 1. The number of aliphatic carboxylic acids is 1. The van der Waals surface area contributed by atoms with Crippen LogP contribution in [-0.4, -0.2) is 70.5 Å². The number of hydrogen-bond acceptors (Lipinski definition) is 10. The van der Waals surface area contributed by atoms with Gasteiger partial charge >= 0.3 is 5.97 Å². The van der Waals surface area contributed by atoms with Crippen LogP contribution in [0.5, 0.6) is 17.2 Å². The van der Waals surface area contributed by atoms with E-state index in [-0.39, 0.29) is 48.6 Å².